The molecule has 86 valence electrons. The zero-order chi connectivity index (χ0) is 12.0. The molecular weight excluding hydrogens is 228 g/mol. The number of carbonyl (C=O) groups excluding carboxylic acids is 1. The maximum Gasteiger partial charge on any atom is 0.341 e. The zero-order valence-electron chi connectivity index (χ0n) is 8.47. The minimum Gasteiger partial charge on any atom is -0.507 e. The van der Waals surface area contributed by atoms with Crippen LogP contribution in [-0.4, -0.2) is 28.6 Å². The Hall–Kier alpha value is -1.69. The van der Waals surface area contributed by atoms with Crippen LogP contribution in [0.2, 0.25) is 0 Å². The van der Waals surface area contributed by atoms with Crippen LogP contribution in [0.1, 0.15) is 10.4 Å². The van der Waals surface area contributed by atoms with E-state index < -0.39 is 5.97 Å². The number of nitrogens with two attached hydrogens (primary N) is 1. The van der Waals surface area contributed by atoms with E-state index in [0.717, 1.165) is 11.8 Å². The van der Waals surface area contributed by atoms with Crippen LogP contribution in [0.4, 0.5) is 0 Å². The van der Waals surface area contributed by atoms with E-state index in [0.29, 0.717) is 5.75 Å². The zero-order valence-corrected chi connectivity index (χ0v) is 9.29. The third kappa shape index (κ3) is 3.82. The van der Waals surface area contributed by atoms with Gasteiger partial charge in [0.15, 0.2) is 5.17 Å². The maximum atomic E-state index is 11.4. The number of thioether (sulfide) groups is 1. The Bertz CT molecular complexity index is 395. The van der Waals surface area contributed by atoms with Gasteiger partial charge in [-0.3, -0.25) is 5.41 Å². The molecule has 0 heterocycles. The van der Waals surface area contributed by atoms with Gasteiger partial charge in [-0.05, 0) is 12.1 Å². The van der Waals surface area contributed by atoms with E-state index in [-0.39, 0.29) is 23.1 Å². The quantitative estimate of drug-likeness (QED) is 0.318. The third-order valence-corrected chi connectivity index (χ3v) is 2.38. The molecule has 0 saturated carbocycles. The van der Waals surface area contributed by atoms with Crippen LogP contribution in [0.25, 0.3) is 0 Å². The van der Waals surface area contributed by atoms with Crippen molar-refractivity contribution in [3.05, 3.63) is 29.8 Å². The summed E-state index contributed by atoms with van der Waals surface area (Å²) in [5, 5.41) is 16.3. The molecule has 0 unspecified atom stereocenters. The fraction of sp³-hybridized carbons (Fsp3) is 0.200. The van der Waals surface area contributed by atoms with Crippen molar-refractivity contribution >= 4 is 22.9 Å². The number of esters is 1. The van der Waals surface area contributed by atoms with Crippen molar-refractivity contribution in [2.45, 2.75) is 0 Å². The summed E-state index contributed by atoms with van der Waals surface area (Å²) in [6.45, 7) is 0.150. The maximum absolute atomic E-state index is 11.4. The van der Waals surface area contributed by atoms with Gasteiger partial charge in [0.05, 0.1) is 0 Å². The number of nitrogens with one attached hydrogen (secondary N) is 1. The van der Waals surface area contributed by atoms with Crippen LogP contribution in [0.3, 0.4) is 0 Å². The largest absolute Gasteiger partial charge is 0.507 e. The summed E-state index contributed by atoms with van der Waals surface area (Å²) in [7, 11) is 0. The first kappa shape index (κ1) is 12.4. The molecule has 1 aromatic rings. The van der Waals surface area contributed by atoms with Gasteiger partial charge in [-0.2, -0.15) is 0 Å². The van der Waals surface area contributed by atoms with Gasteiger partial charge in [0.1, 0.15) is 17.9 Å². The highest BCUT2D eigenvalue weighted by molar-refractivity contribution is 8.13. The fourth-order valence-corrected chi connectivity index (χ4v) is 1.40. The van der Waals surface area contributed by atoms with Crippen molar-refractivity contribution in [2.75, 3.05) is 12.4 Å². The highest BCUT2D eigenvalue weighted by Crippen LogP contribution is 2.16. The molecule has 0 aliphatic heterocycles. The van der Waals surface area contributed by atoms with Gasteiger partial charge in [-0.25, -0.2) is 4.79 Å². The van der Waals surface area contributed by atoms with Crippen molar-refractivity contribution < 1.29 is 14.6 Å². The van der Waals surface area contributed by atoms with E-state index in [9.17, 15) is 9.90 Å². The molecule has 0 bridgehead atoms. The molecular formula is C10H12N2O3S. The van der Waals surface area contributed by atoms with Gasteiger partial charge in [0, 0.05) is 5.75 Å². The lowest BCUT2D eigenvalue weighted by Crippen LogP contribution is -2.11. The van der Waals surface area contributed by atoms with Gasteiger partial charge in [0.2, 0.25) is 0 Å². The molecule has 16 heavy (non-hydrogen) atoms. The fourth-order valence-electron chi connectivity index (χ4n) is 1.01. The molecule has 0 spiro atoms. The van der Waals surface area contributed by atoms with Crippen LogP contribution in [-0.2, 0) is 4.74 Å². The highest BCUT2D eigenvalue weighted by Gasteiger charge is 2.11. The second kappa shape index (κ2) is 6.02. The topological polar surface area (TPSA) is 96.4 Å². The Morgan fingerprint density at radius 2 is 2.19 bits per heavy atom. The predicted octanol–water partition coefficient (Wildman–Crippen LogP) is 1.18. The van der Waals surface area contributed by atoms with Crippen LogP contribution < -0.4 is 5.73 Å². The van der Waals surface area contributed by atoms with Crippen molar-refractivity contribution in [1.82, 2.24) is 0 Å². The number of rotatable bonds is 4. The van der Waals surface area contributed by atoms with Crippen molar-refractivity contribution in [2.24, 2.45) is 5.73 Å². The number of hydrogen-bond donors (Lipinski definition) is 3. The number of para-hydroxylation sites is 1. The average Bonchev–Trinajstić information content (AvgIpc) is 2.24. The molecule has 4 N–H and O–H groups in total. The molecule has 0 aliphatic carbocycles. The number of phenolic OH excluding ortho intramolecular Hbond substituents is 1. The summed E-state index contributed by atoms with van der Waals surface area (Å²) in [4.78, 5) is 11.4. The second-order valence-corrected chi connectivity index (χ2v) is 4.00. The van der Waals surface area contributed by atoms with Crippen molar-refractivity contribution in [3.63, 3.8) is 0 Å². The average molecular weight is 240 g/mol. The summed E-state index contributed by atoms with van der Waals surface area (Å²) in [5.74, 6) is -0.261. The summed E-state index contributed by atoms with van der Waals surface area (Å²) in [5.41, 5.74) is 5.24. The number of ether oxygens (including phenoxy) is 1. The molecule has 1 aromatic carbocycles. The van der Waals surface area contributed by atoms with E-state index >= 15 is 0 Å². The second-order valence-electron chi connectivity index (χ2n) is 2.87. The van der Waals surface area contributed by atoms with Gasteiger partial charge >= 0.3 is 5.97 Å². The Labute approximate surface area is 97.1 Å². The predicted molar refractivity (Wildman–Crippen MR) is 62.8 cm³/mol. The van der Waals surface area contributed by atoms with Crippen LogP contribution >= 0.6 is 11.8 Å². The first-order valence-electron chi connectivity index (χ1n) is 4.53. The molecule has 6 heteroatoms. The molecule has 0 saturated heterocycles. The number of benzene rings is 1. The monoisotopic (exact) mass is 240 g/mol. The van der Waals surface area contributed by atoms with Gasteiger partial charge in [-0.1, -0.05) is 23.9 Å². The lowest BCUT2D eigenvalue weighted by atomic mass is 10.2. The Kier molecular flexibility index (Phi) is 4.65. The molecule has 5 nitrogen and oxygen atoms in total. The Morgan fingerprint density at radius 3 is 2.81 bits per heavy atom. The first-order chi connectivity index (χ1) is 7.61. The Morgan fingerprint density at radius 1 is 1.50 bits per heavy atom. The SMILES string of the molecule is N=C(N)SCCOC(=O)c1ccccc1O. The molecule has 0 atom stereocenters. The van der Waals surface area contributed by atoms with Crippen LogP contribution in [0, 0.1) is 5.41 Å². The number of carbonyl (C=O) groups is 1. The number of phenols is 1. The van der Waals surface area contributed by atoms with Gasteiger partial charge in [0.25, 0.3) is 0 Å². The Balaban J connectivity index is 2.41. The normalized spacial score (nSPS) is 9.75. The minimum atomic E-state index is -0.581. The van der Waals surface area contributed by atoms with E-state index in [1.165, 1.54) is 12.1 Å². The first-order valence-corrected chi connectivity index (χ1v) is 5.51. The molecule has 1 rings (SSSR count). The number of amidine groups is 1. The lowest BCUT2D eigenvalue weighted by molar-refractivity contribution is 0.0527. The summed E-state index contributed by atoms with van der Waals surface area (Å²) < 4.78 is 4.89. The molecule has 0 radical (unpaired) electrons. The number of hydrogen-bond acceptors (Lipinski definition) is 5. The number of aromatic hydroxyl groups is 1. The summed E-state index contributed by atoms with van der Waals surface area (Å²) in [6, 6.07) is 6.16. The van der Waals surface area contributed by atoms with E-state index in [2.05, 4.69) is 0 Å². The van der Waals surface area contributed by atoms with Crippen LogP contribution in [0.15, 0.2) is 24.3 Å². The molecule has 0 aromatic heterocycles. The third-order valence-electron chi connectivity index (χ3n) is 1.70. The van der Waals surface area contributed by atoms with E-state index in [4.69, 9.17) is 15.9 Å². The van der Waals surface area contributed by atoms with Crippen molar-refractivity contribution in [3.8, 4) is 5.75 Å². The summed E-state index contributed by atoms with van der Waals surface area (Å²) in [6.07, 6.45) is 0. The minimum absolute atomic E-state index is 0.0152. The van der Waals surface area contributed by atoms with Gasteiger partial charge in [-0.15, -0.1) is 0 Å². The standard InChI is InChI=1S/C10H12N2O3S/c11-10(12)16-6-5-15-9(14)7-3-1-2-4-8(7)13/h1-4,13H,5-6H2,(H3,11,12). The molecule has 0 fully saturated rings. The highest BCUT2D eigenvalue weighted by atomic mass is 32.2. The summed E-state index contributed by atoms with van der Waals surface area (Å²) >= 11 is 1.09. The van der Waals surface area contributed by atoms with Crippen molar-refractivity contribution in [1.29, 1.82) is 5.41 Å². The van der Waals surface area contributed by atoms with E-state index in [1.807, 2.05) is 0 Å². The van der Waals surface area contributed by atoms with Gasteiger partial charge < -0.3 is 15.6 Å². The van der Waals surface area contributed by atoms with Crippen LogP contribution in [0.5, 0.6) is 5.75 Å². The molecule has 0 amide bonds. The van der Waals surface area contributed by atoms with E-state index in [1.54, 1.807) is 12.1 Å². The lowest BCUT2D eigenvalue weighted by Gasteiger charge is -2.05. The smallest absolute Gasteiger partial charge is 0.341 e. The molecule has 0 aliphatic rings.